The summed E-state index contributed by atoms with van der Waals surface area (Å²) >= 11 is 0. The molecular weight excluding hydrogens is 280 g/mol. The molecule has 1 aliphatic heterocycles. The summed E-state index contributed by atoms with van der Waals surface area (Å²) in [5.41, 5.74) is -0.520. The molecule has 21 heavy (non-hydrogen) atoms. The summed E-state index contributed by atoms with van der Waals surface area (Å²) in [7, 11) is 1.95. The monoisotopic (exact) mass is 297 g/mol. The summed E-state index contributed by atoms with van der Waals surface area (Å²) in [6.45, 7) is 2.60. The highest BCUT2D eigenvalue weighted by molar-refractivity contribution is 6.03. The van der Waals surface area contributed by atoms with Gasteiger partial charge < -0.3 is 15.1 Å². The van der Waals surface area contributed by atoms with Gasteiger partial charge in [0, 0.05) is 26.2 Å². The van der Waals surface area contributed by atoms with Crippen molar-refractivity contribution in [1.29, 1.82) is 0 Å². The van der Waals surface area contributed by atoms with E-state index in [4.69, 9.17) is 0 Å². The maximum Gasteiger partial charge on any atom is 0.233 e. The van der Waals surface area contributed by atoms with Crippen LogP contribution in [0.25, 0.3) is 0 Å². The Morgan fingerprint density at radius 3 is 2.29 bits per heavy atom. The molecule has 1 N–H and O–H groups in total. The number of hydrogen-bond donors (Lipinski definition) is 1. The van der Waals surface area contributed by atoms with Crippen LogP contribution in [0.15, 0.2) is 18.2 Å². The molecule has 7 heteroatoms. The molecule has 0 atom stereocenters. The highest BCUT2D eigenvalue weighted by Crippen LogP contribution is 2.18. The van der Waals surface area contributed by atoms with Crippen LogP contribution in [0.1, 0.15) is 6.42 Å². The van der Waals surface area contributed by atoms with Crippen molar-refractivity contribution in [2.75, 3.05) is 38.5 Å². The number of likely N-dealkylation sites (N-methyl/N-ethyl adjacent to an activating group) is 1. The molecule has 1 saturated heterocycles. The number of carbonyl (C=O) groups excluding carboxylic acids is 2. The first-order valence-corrected chi connectivity index (χ1v) is 6.67. The highest BCUT2D eigenvalue weighted by Gasteiger charge is 2.22. The number of piperazine rings is 1. The Bertz CT molecular complexity index is 523. The minimum atomic E-state index is -0.865. The van der Waals surface area contributed by atoms with Gasteiger partial charge in [-0.2, -0.15) is 0 Å². The Hall–Kier alpha value is -2.02. The topological polar surface area (TPSA) is 52.7 Å². The van der Waals surface area contributed by atoms with Gasteiger partial charge in [0.25, 0.3) is 0 Å². The maximum atomic E-state index is 13.4. The minimum Gasteiger partial charge on any atom is -0.340 e. The molecule has 1 fully saturated rings. The van der Waals surface area contributed by atoms with Gasteiger partial charge in [0.2, 0.25) is 11.8 Å². The van der Waals surface area contributed by atoms with Crippen molar-refractivity contribution in [3.8, 4) is 0 Å². The second-order valence-corrected chi connectivity index (χ2v) is 5.01. The summed E-state index contributed by atoms with van der Waals surface area (Å²) in [4.78, 5) is 27.3. The number of nitrogens with one attached hydrogen (secondary N) is 1. The molecule has 1 aliphatic rings. The Balaban J connectivity index is 1.91. The van der Waals surface area contributed by atoms with Crippen LogP contribution < -0.4 is 5.32 Å². The second kappa shape index (κ2) is 6.62. The molecule has 0 aliphatic carbocycles. The minimum absolute atomic E-state index is 0.336. The molecule has 1 heterocycles. The van der Waals surface area contributed by atoms with Gasteiger partial charge in [-0.1, -0.05) is 6.07 Å². The Labute approximate surface area is 121 Å². The number of anilines is 1. The van der Waals surface area contributed by atoms with Crippen LogP contribution in [0.5, 0.6) is 0 Å². The van der Waals surface area contributed by atoms with Gasteiger partial charge in [-0.05, 0) is 19.2 Å². The van der Waals surface area contributed by atoms with Crippen molar-refractivity contribution in [3.63, 3.8) is 0 Å². The van der Waals surface area contributed by atoms with Crippen molar-refractivity contribution in [3.05, 3.63) is 29.8 Å². The summed E-state index contributed by atoms with van der Waals surface area (Å²) in [5, 5.41) is 2.11. The number of benzene rings is 1. The van der Waals surface area contributed by atoms with Crippen molar-refractivity contribution in [2.24, 2.45) is 0 Å². The van der Waals surface area contributed by atoms with E-state index in [9.17, 15) is 18.4 Å². The van der Waals surface area contributed by atoms with Crippen molar-refractivity contribution < 1.29 is 18.4 Å². The molecule has 0 aromatic heterocycles. The van der Waals surface area contributed by atoms with E-state index in [1.165, 1.54) is 6.07 Å². The van der Waals surface area contributed by atoms with Crippen LogP contribution in [0.3, 0.4) is 0 Å². The third kappa shape index (κ3) is 3.98. The van der Waals surface area contributed by atoms with Gasteiger partial charge >= 0.3 is 0 Å². The molecule has 0 bridgehead atoms. The van der Waals surface area contributed by atoms with E-state index in [1.807, 2.05) is 7.05 Å². The van der Waals surface area contributed by atoms with E-state index in [-0.39, 0.29) is 5.91 Å². The first-order chi connectivity index (χ1) is 9.97. The standard InChI is InChI=1S/C14H17F2N3O2/c1-18-5-7-19(8-6-18)13(21)9-12(20)17-14-10(15)3-2-4-11(14)16/h2-4H,5-9H2,1H3,(H,17,20). The van der Waals surface area contributed by atoms with Crippen LogP contribution in [0.2, 0.25) is 0 Å². The molecule has 1 aromatic rings. The number of nitrogens with zero attached hydrogens (tertiary/aromatic N) is 2. The Kier molecular flexibility index (Phi) is 4.85. The van der Waals surface area contributed by atoms with Gasteiger partial charge in [-0.25, -0.2) is 8.78 Å². The van der Waals surface area contributed by atoms with Crippen molar-refractivity contribution in [1.82, 2.24) is 9.80 Å². The Morgan fingerprint density at radius 1 is 1.14 bits per heavy atom. The molecule has 0 radical (unpaired) electrons. The van der Waals surface area contributed by atoms with Gasteiger partial charge in [-0.15, -0.1) is 0 Å². The van der Waals surface area contributed by atoms with E-state index in [1.54, 1.807) is 4.90 Å². The predicted molar refractivity (Wildman–Crippen MR) is 73.7 cm³/mol. The van der Waals surface area contributed by atoms with Crippen LogP contribution in [0, 0.1) is 11.6 Å². The third-order valence-corrected chi connectivity index (χ3v) is 3.39. The summed E-state index contributed by atoms with van der Waals surface area (Å²) in [5.74, 6) is -2.79. The molecule has 0 spiro atoms. The lowest BCUT2D eigenvalue weighted by molar-refractivity contribution is -0.135. The van der Waals surface area contributed by atoms with Crippen LogP contribution >= 0.6 is 0 Å². The van der Waals surface area contributed by atoms with E-state index in [0.29, 0.717) is 13.1 Å². The fraction of sp³-hybridized carbons (Fsp3) is 0.429. The molecule has 1 aromatic carbocycles. The number of amides is 2. The number of halogens is 2. The van der Waals surface area contributed by atoms with Gasteiger partial charge in [-0.3, -0.25) is 9.59 Å². The summed E-state index contributed by atoms with van der Waals surface area (Å²) in [6.07, 6.45) is -0.419. The average molecular weight is 297 g/mol. The molecule has 2 amide bonds. The first-order valence-electron chi connectivity index (χ1n) is 6.67. The summed E-state index contributed by atoms with van der Waals surface area (Å²) < 4.78 is 26.8. The molecule has 2 rings (SSSR count). The van der Waals surface area contributed by atoms with E-state index in [2.05, 4.69) is 10.2 Å². The predicted octanol–water partition coefficient (Wildman–Crippen LogP) is 1.07. The smallest absolute Gasteiger partial charge is 0.233 e. The highest BCUT2D eigenvalue weighted by atomic mass is 19.1. The van der Waals surface area contributed by atoms with Crippen LogP contribution in [-0.2, 0) is 9.59 Å². The van der Waals surface area contributed by atoms with E-state index >= 15 is 0 Å². The second-order valence-electron chi connectivity index (χ2n) is 5.01. The molecule has 0 saturated carbocycles. The van der Waals surface area contributed by atoms with E-state index in [0.717, 1.165) is 25.2 Å². The average Bonchev–Trinajstić information content (AvgIpc) is 2.43. The summed E-state index contributed by atoms with van der Waals surface area (Å²) in [6, 6.07) is 3.29. The van der Waals surface area contributed by atoms with Crippen molar-refractivity contribution >= 4 is 17.5 Å². The number of para-hydroxylation sites is 1. The Morgan fingerprint density at radius 2 is 1.71 bits per heavy atom. The zero-order valence-corrected chi connectivity index (χ0v) is 11.7. The maximum absolute atomic E-state index is 13.4. The molecule has 5 nitrogen and oxygen atoms in total. The van der Waals surface area contributed by atoms with Crippen molar-refractivity contribution in [2.45, 2.75) is 6.42 Å². The van der Waals surface area contributed by atoms with Crippen LogP contribution in [-0.4, -0.2) is 54.8 Å². The zero-order chi connectivity index (χ0) is 15.4. The SMILES string of the molecule is CN1CCN(C(=O)CC(=O)Nc2c(F)cccc2F)CC1. The fourth-order valence-corrected chi connectivity index (χ4v) is 2.11. The fourth-order valence-electron chi connectivity index (χ4n) is 2.11. The number of rotatable bonds is 3. The van der Waals surface area contributed by atoms with Gasteiger partial charge in [0.05, 0.1) is 0 Å². The zero-order valence-electron chi connectivity index (χ0n) is 11.7. The van der Waals surface area contributed by atoms with Gasteiger partial charge in [0.15, 0.2) is 0 Å². The third-order valence-electron chi connectivity index (χ3n) is 3.39. The number of hydrogen-bond acceptors (Lipinski definition) is 3. The van der Waals surface area contributed by atoms with Crippen LogP contribution in [0.4, 0.5) is 14.5 Å². The lowest BCUT2D eigenvalue weighted by Crippen LogP contribution is -2.47. The largest absolute Gasteiger partial charge is 0.340 e. The number of carbonyl (C=O) groups is 2. The van der Waals surface area contributed by atoms with Gasteiger partial charge in [0.1, 0.15) is 23.7 Å². The molecule has 114 valence electrons. The first kappa shape index (κ1) is 15.4. The molecule has 0 unspecified atom stereocenters. The van der Waals surface area contributed by atoms with E-state index < -0.39 is 29.6 Å². The lowest BCUT2D eigenvalue weighted by Gasteiger charge is -2.32. The molecular formula is C14H17F2N3O2. The lowest BCUT2D eigenvalue weighted by atomic mass is 10.2. The normalized spacial score (nSPS) is 15.9. The quantitative estimate of drug-likeness (QED) is 0.849.